The highest BCUT2D eigenvalue weighted by atomic mass is 35.5. The van der Waals surface area contributed by atoms with Crippen LogP contribution in [0, 0.1) is 0 Å². The van der Waals surface area contributed by atoms with Crippen molar-refractivity contribution in [2.75, 3.05) is 11.4 Å². The van der Waals surface area contributed by atoms with E-state index in [9.17, 15) is 0 Å². The number of nitrogens with zero attached hydrogens (tertiary/aromatic N) is 1. The zero-order valence-electron chi connectivity index (χ0n) is 6.87. The first-order valence-corrected chi connectivity index (χ1v) is 4.73. The van der Waals surface area contributed by atoms with E-state index < -0.39 is 5.68 Å². The second-order valence-electron chi connectivity index (χ2n) is 2.40. The van der Waals surface area contributed by atoms with Crippen molar-refractivity contribution in [3.8, 4) is 0 Å². The summed E-state index contributed by atoms with van der Waals surface area (Å²) < 4.78 is 0. The third-order valence-corrected chi connectivity index (χ3v) is 2.14. The molecule has 0 aliphatic rings. The zero-order valence-corrected chi connectivity index (χ0v) is 8.39. The van der Waals surface area contributed by atoms with Gasteiger partial charge in [-0.25, -0.2) is 0 Å². The lowest BCUT2D eigenvalue weighted by Gasteiger charge is -2.21. The molecule has 4 heteroatoms. The fourth-order valence-electron chi connectivity index (χ4n) is 1.05. The number of anilines is 1. The average Bonchev–Trinajstić information content (AvgIpc) is 2.07. The van der Waals surface area contributed by atoms with E-state index in [1.165, 1.54) is 0 Å². The van der Waals surface area contributed by atoms with Gasteiger partial charge in [0.1, 0.15) is 0 Å². The minimum Gasteiger partial charge on any atom is -0.388 e. The quantitative estimate of drug-likeness (QED) is 0.680. The summed E-state index contributed by atoms with van der Waals surface area (Å²) in [5.41, 5.74) is 0.576. The van der Waals surface area contributed by atoms with Crippen LogP contribution < -0.4 is 4.81 Å². The second-order valence-corrected chi connectivity index (χ2v) is 3.45. The van der Waals surface area contributed by atoms with Crippen molar-refractivity contribution >= 4 is 34.3 Å². The number of para-hydroxylation sites is 1. The van der Waals surface area contributed by atoms with Crippen LogP contribution in [0.1, 0.15) is 6.92 Å². The van der Waals surface area contributed by atoms with Crippen LogP contribution in [-0.4, -0.2) is 12.2 Å². The summed E-state index contributed by atoms with van der Waals surface area (Å²) in [4.78, 5) is 1.91. The number of hydrogen-bond donors (Lipinski definition) is 0. The van der Waals surface area contributed by atoms with Gasteiger partial charge < -0.3 is 4.81 Å². The number of rotatable bonds is 3. The molecule has 0 spiro atoms. The molecule has 12 heavy (non-hydrogen) atoms. The van der Waals surface area contributed by atoms with Crippen molar-refractivity contribution in [3.63, 3.8) is 0 Å². The molecule has 0 aliphatic heterocycles. The molecular weight excluding hydrogens is 192 g/mol. The predicted molar refractivity (Wildman–Crippen MR) is 56.9 cm³/mol. The van der Waals surface area contributed by atoms with E-state index in [4.69, 9.17) is 22.9 Å². The van der Waals surface area contributed by atoms with Gasteiger partial charge in [-0.3, -0.25) is 0 Å². The van der Waals surface area contributed by atoms with Crippen LogP contribution in [0.2, 0.25) is 0 Å². The van der Waals surface area contributed by atoms with Gasteiger partial charge in [0.05, 0.1) is 0 Å². The van der Waals surface area contributed by atoms with Crippen LogP contribution in [0.5, 0.6) is 0 Å². The smallest absolute Gasteiger partial charge is 0.388 e. The first-order valence-electron chi connectivity index (χ1n) is 3.85. The lowest BCUT2D eigenvalue weighted by molar-refractivity contribution is 1.09. The Kier molecular flexibility index (Phi) is 3.76. The van der Waals surface area contributed by atoms with E-state index in [0.717, 1.165) is 12.2 Å². The third kappa shape index (κ3) is 2.33. The van der Waals surface area contributed by atoms with Crippen molar-refractivity contribution in [2.24, 2.45) is 0 Å². The Balaban J connectivity index is 2.80. The summed E-state index contributed by atoms with van der Waals surface area (Å²) in [6, 6.07) is 9.87. The third-order valence-electron chi connectivity index (χ3n) is 1.66. The lowest BCUT2D eigenvalue weighted by Crippen LogP contribution is -2.30. The molecule has 0 bridgehead atoms. The Morgan fingerprint density at radius 3 is 2.25 bits per heavy atom. The summed E-state index contributed by atoms with van der Waals surface area (Å²) in [5.74, 6) is 0. The van der Waals surface area contributed by atoms with Crippen molar-refractivity contribution in [1.29, 1.82) is 0 Å². The van der Waals surface area contributed by atoms with Gasteiger partial charge in [-0.1, -0.05) is 18.2 Å². The van der Waals surface area contributed by atoms with E-state index in [1.807, 2.05) is 42.1 Å². The van der Waals surface area contributed by atoms with Crippen molar-refractivity contribution in [1.82, 2.24) is 0 Å². The van der Waals surface area contributed by atoms with Crippen molar-refractivity contribution in [3.05, 3.63) is 30.3 Å². The Morgan fingerprint density at radius 2 is 1.83 bits per heavy atom. The largest absolute Gasteiger partial charge is 0.467 e. The highest BCUT2D eigenvalue weighted by molar-refractivity contribution is 7.35. The Labute approximate surface area is 83.2 Å². The molecule has 1 aromatic carbocycles. The van der Waals surface area contributed by atoms with Gasteiger partial charge in [0, 0.05) is 12.2 Å². The van der Waals surface area contributed by atoms with E-state index in [-0.39, 0.29) is 0 Å². The van der Waals surface area contributed by atoms with Crippen LogP contribution in [0.3, 0.4) is 0 Å². The zero-order chi connectivity index (χ0) is 8.97. The van der Waals surface area contributed by atoms with Gasteiger partial charge in [-0.15, -0.1) is 22.9 Å². The van der Waals surface area contributed by atoms with Crippen LogP contribution in [0.15, 0.2) is 30.3 Å². The summed E-state index contributed by atoms with van der Waals surface area (Å²) in [5, 5.41) is 0. The van der Waals surface area contributed by atoms with Crippen LogP contribution in [0.4, 0.5) is 5.69 Å². The summed E-state index contributed by atoms with van der Waals surface area (Å²) in [6.07, 6.45) is 0. The van der Waals surface area contributed by atoms with Gasteiger partial charge in [-0.05, 0) is 19.1 Å². The van der Waals surface area contributed by atoms with Crippen LogP contribution in [-0.2, 0) is 0 Å². The molecule has 0 saturated heterocycles. The van der Waals surface area contributed by atoms with Gasteiger partial charge in [0.25, 0.3) is 0 Å². The van der Waals surface area contributed by atoms with Gasteiger partial charge in [0.15, 0.2) is 0 Å². The molecule has 0 aromatic heterocycles. The topological polar surface area (TPSA) is 3.24 Å². The molecule has 0 fully saturated rings. The Morgan fingerprint density at radius 1 is 1.25 bits per heavy atom. The first kappa shape index (κ1) is 9.75. The summed E-state index contributed by atoms with van der Waals surface area (Å²) >= 11 is 11.5. The Bertz CT molecular complexity index is 228. The maximum atomic E-state index is 5.77. The highest BCUT2D eigenvalue weighted by Gasteiger charge is 2.16. The molecule has 64 valence electrons. The van der Waals surface area contributed by atoms with E-state index in [0.29, 0.717) is 0 Å². The predicted octanol–water partition coefficient (Wildman–Crippen LogP) is 2.98. The average molecular weight is 202 g/mol. The molecule has 0 unspecified atom stereocenters. The number of benzene rings is 1. The molecule has 0 atom stereocenters. The fraction of sp³-hybridized carbons (Fsp3) is 0.250. The van der Waals surface area contributed by atoms with Crippen LogP contribution >= 0.6 is 22.9 Å². The molecule has 0 radical (unpaired) electrons. The SMILES string of the molecule is CCN(B(Cl)Cl)c1ccccc1. The number of halogens is 2. The van der Waals surface area contributed by atoms with Crippen molar-refractivity contribution in [2.45, 2.75) is 6.92 Å². The summed E-state index contributed by atoms with van der Waals surface area (Å²) in [7, 11) is 0. The lowest BCUT2D eigenvalue weighted by atomic mass is 10.2. The molecule has 0 amide bonds. The van der Waals surface area contributed by atoms with Crippen molar-refractivity contribution < 1.29 is 0 Å². The fourth-order valence-corrected chi connectivity index (χ4v) is 1.55. The van der Waals surface area contributed by atoms with Gasteiger partial charge in [-0.2, -0.15) is 0 Å². The van der Waals surface area contributed by atoms with Gasteiger partial charge >= 0.3 is 5.68 Å². The Hall–Kier alpha value is -0.335. The van der Waals surface area contributed by atoms with E-state index in [1.54, 1.807) is 0 Å². The highest BCUT2D eigenvalue weighted by Crippen LogP contribution is 2.17. The van der Waals surface area contributed by atoms with E-state index in [2.05, 4.69) is 0 Å². The maximum Gasteiger partial charge on any atom is 0.467 e. The molecule has 0 aliphatic carbocycles. The molecule has 0 N–H and O–H groups in total. The maximum absolute atomic E-state index is 5.77. The standard InChI is InChI=1S/C8H10BCl2N/c1-2-12(9(10)11)8-6-4-3-5-7-8/h3-7H,2H2,1H3. The molecule has 0 heterocycles. The van der Waals surface area contributed by atoms with Crippen LogP contribution in [0.25, 0.3) is 0 Å². The minimum absolute atomic E-state index is 0.475. The molecular formula is C8H10BCl2N. The molecule has 1 aromatic rings. The second kappa shape index (κ2) is 4.63. The normalized spacial score (nSPS) is 9.58. The molecule has 1 nitrogen and oxygen atoms in total. The minimum atomic E-state index is -0.475. The van der Waals surface area contributed by atoms with Gasteiger partial charge in [0.2, 0.25) is 0 Å². The monoisotopic (exact) mass is 201 g/mol. The molecule has 1 rings (SSSR count). The summed E-state index contributed by atoms with van der Waals surface area (Å²) in [6.45, 7) is 2.83. The first-order chi connectivity index (χ1) is 5.75. The van der Waals surface area contributed by atoms with E-state index >= 15 is 0 Å². The number of hydrogen-bond acceptors (Lipinski definition) is 1. The molecule has 0 saturated carbocycles.